The van der Waals surface area contributed by atoms with E-state index in [1.165, 1.54) is 0 Å². The molecule has 1 aliphatic carbocycles. The van der Waals surface area contributed by atoms with Gasteiger partial charge in [-0.1, -0.05) is 0 Å². The van der Waals surface area contributed by atoms with E-state index < -0.39 is 10.8 Å². The molecular formula is C11H21NO2S. The molecule has 2 aliphatic rings. The molecule has 0 aromatic carbocycles. The van der Waals surface area contributed by atoms with E-state index in [1.807, 2.05) is 0 Å². The third-order valence-electron chi connectivity index (χ3n) is 3.54. The zero-order valence-corrected chi connectivity index (χ0v) is 10.0. The summed E-state index contributed by atoms with van der Waals surface area (Å²) in [7, 11) is -0.643. The van der Waals surface area contributed by atoms with Crippen LogP contribution in [0.2, 0.25) is 0 Å². The van der Waals surface area contributed by atoms with Gasteiger partial charge in [-0.2, -0.15) is 0 Å². The lowest BCUT2D eigenvalue weighted by atomic mass is 9.96. The van der Waals surface area contributed by atoms with Gasteiger partial charge in [0.1, 0.15) is 0 Å². The Kier molecular flexibility index (Phi) is 4.17. The Labute approximate surface area is 94.2 Å². The molecule has 0 spiro atoms. The second kappa shape index (κ2) is 5.41. The van der Waals surface area contributed by atoms with Crippen LogP contribution >= 0.6 is 0 Å². The number of hydrogen-bond donors (Lipinski definition) is 1. The first kappa shape index (κ1) is 11.6. The molecule has 0 bridgehead atoms. The molecule has 2 fully saturated rings. The molecule has 2 N–H and O–H groups in total. The van der Waals surface area contributed by atoms with Crippen LogP contribution in [0.5, 0.6) is 0 Å². The smallest absolute Gasteiger partial charge is 0.0477 e. The number of ether oxygens (including phenoxy) is 1. The Morgan fingerprint density at radius 3 is 2.07 bits per heavy atom. The van der Waals surface area contributed by atoms with Gasteiger partial charge in [0.25, 0.3) is 0 Å². The minimum atomic E-state index is -0.643. The molecular weight excluding hydrogens is 210 g/mol. The van der Waals surface area contributed by atoms with Crippen molar-refractivity contribution in [2.24, 2.45) is 5.73 Å². The quantitative estimate of drug-likeness (QED) is 0.776. The Hall–Kier alpha value is 0.0700. The Morgan fingerprint density at radius 1 is 0.933 bits per heavy atom. The standard InChI is InChI=1S/C11H21NO2S/c12-9-1-3-10(4-2-9)15(13)11-5-7-14-8-6-11/h9-11H,1-8,12H2. The van der Waals surface area contributed by atoms with Crippen LogP contribution < -0.4 is 5.73 Å². The zero-order chi connectivity index (χ0) is 10.7. The summed E-state index contributed by atoms with van der Waals surface area (Å²) in [6.45, 7) is 1.59. The summed E-state index contributed by atoms with van der Waals surface area (Å²) in [6.07, 6.45) is 6.19. The number of nitrogens with two attached hydrogens (primary N) is 1. The summed E-state index contributed by atoms with van der Waals surface area (Å²) in [4.78, 5) is 0. The van der Waals surface area contributed by atoms with Crippen molar-refractivity contribution >= 4 is 10.8 Å². The predicted molar refractivity (Wildman–Crippen MR) is 62.2 cm³/mol. The first-order chi connectivity index (χ1) is 7.27. The molecule has 0 aromatic rings. The van der Waals surface area contributed by atoms with Crippen LogP contribution in [0.15, 0.2) is 0 Å². The second-order valence-corrected chi connectivity index (χ2v) is 6.67. The summed E-state index contributed by atoms with van der Waals surface area (Å²) < 4.78 is 17.6. The Morgan fingerprint density at radius 2 is 1.47 bits per heavy atom. The highest BCUT2D eigenvalue weighted by Gasteiger charge is 2.29. The highest BCUT2D eigenvalue weighted by Crippen LogP contribution is 2.26. The van der Waals surface area contributed by atoms with Gasteiger partial charge in [0.05, 0.1) is 0 Å². The monoisotopic (exact) mass is 231 g/mol. The molecule has 3 nitrogen and oxygen atoms in total. The first-order valence-electron chi connectivity index (χ1n) is 6.00. The lowest BCUT2D eigenvalue weighted by Gasteiger charge is -2.30. The van der Waals surface area contributed by atoms with Crippen LogP contribution in [-0.2, 0) is 15.5 Å². The highest BCUT2D eigenvalue weighted by molar-refractivity contribution is 7.86. The van der Waals surface area contributed by atoms with Crippen LogP contribution in [0.25, 0.3) is 0 Å². The lowest BCUT2D eigenvalue weighted by Crippen LogP contribution is -2.36. The Balaban J connectivity index is 1.84. The molecule has 88 valence electrons. The molecule has 1 saturated carbocycles. The molecule has 1 unspecified atom stereocenters. The number of rotatable bonds is 2. The van der Waals surface area contributed by atoms with E-state index >= 15 is 0 Å². The van der Waals surface area contributed by atoms with Crippen LogP contribution in [0.1, 0.15) is 38.5 Å². The minimum Gasteiger partial charge on any atom is -0.381 e. The summed E-state index contributed by atoms with van der Waals surface area (Å²) in [5, 5.41) is 0.797. The SMILES string of the molecule is NC1CCC(S(=O)C2CCOCC2)CC1. The van der Waals surface area contributed by atoms with Gasteiger partial charge in [-0.15, -0.1) is 0 Å². The van der Waals surface area contributed by atoms with E-state index in [9.17, 15) is 4.21 Å². The molecule has 1 aliphatic heterocycles. The van der Waals surface area contributed by atoms with Crippen LogP contribution in [0.3, 0.4) is 0 Å². The van der Waals surface area contributed by atoms with Gasteiger partial charge in [-0.25, -0.2) is 0 Å². The van der Waals surface area contributed by atoms with E-state index in [2.05, 4.69) is 0 Å². The highest BCUT2D eigenvalue weighted by atomic mass is 32.2. The third kappa shape index (κ3) is 3.02. The summed E-state index contributed by atoms with van der Waals surface area (Å²) in [6, 6.07) is 0.355. The molecule has 1 saturated heterocycles. The van der Waals surface area contributed by atoms with Crippen molar-refractivity contribution in [3.05, 3.63) is 0 Å². The zero-order valence-electron chi connectivity index (χ0n) is 9.19. The van der Waals surface area contributed by atoms with Crippen molar-refractivity contribution in [3.63, 3.8) is 0 Å². The molecule has 0 radical (unpaired) electrons. The van der Waals surface area contributed by atoms with Crippen molar-refractivity contribution in [2.75, 3.05) is 13.2 Å². The molecule has 1 atom stereocenters. The topological polar surface area (TPSA) is 52.3 Å². The van der Waals surface area contributed by atoms with Gasteiger partial charge in [-0.3, -0.25) is 4.21 Å². The first-order valence-corrected chi connectivity index (χ1v) is 7.27. The summed E-state index contributed by atoms with van der Waals surface area (Å²) in [5.74, 6) is 0. The fraction of sp³-hybridized carbons (Fsp3) is 1.00. The van der Waals surface area contributed by atoms with Crippen molar-refractivity contribution < 1.29 is 8.95 Å². The van der Waals surface area contributed by atoms with Gasteiger partial charge in [-0.05, 0) is 38.5 Å². The fourth-order valence-electron chi connectivity index (χ4n) is 2.50. The largest absolute Gasteiger partial charge is 0.381 e. The van der Waals surface area contributed by atoms with E-state index in [4.69, 9.17) is 10.5 Å². The molecule has 1 heterocycles. The van der Waals surface area contributed by atoms with E-state index in [0.29, 0.717) is 16.5 Å². The van der Waals surface area contributed by atoms with E-state index in [0.717, 1.165) is 51.7 Å². The average Bonchev–Trinajstić information content (AvgIpc) is 2.30. The van der Waals surface area contributed by atoms with Gasteiger partial charge in [0.2, 0.25) is 0 Å². The van der Waals surface area contributed by atoms with Crippen LogP contribution in [0, 0.1) is 0 Å². The van der Waals surface area contributed by atoms with Gasteiger partial charge in [0.15, 0.2) is 0 Å². The van der Waals surface area contributed by atoms with E-state index in [1.54, 1.807) is 0 Å². The maximum atomic E-state index is 12.3. The molecule has 0 aromatic heterocycles. The van der Waals surface area contributed by atoms with Crippen LogP contribution in [-0.4, -0.2) is 34.0 Å². The lowest BCUT2D eigenvalue weighted by molar-refractivity contribution is 0.0990. The van der Waals surface area contributed by atoms with Crippen molar-refractivity contribution in [3.8, 4) is 0 Å². The second-order valence-electron chi connectivity index (χ2n) is 4.68. The van der Waals surface area contributed by atoms with Crippen LogP contribution in [0.4, 0.5) is 0 Å². The summed E-state index contributed by atoms with van der Waals surface area (Å²) >= 11 is 0. The van der Waals surface area contributed by atoms with Gasteiger partial charge >= 0.3 is 0 Å². The maximum Gasteiger partial charge on any atom is 0.0477 e. The van der Waals surface area contributed by atoms with Crippen molar-refractivity contribution in [1.29, 1.82) is 0 Å². The summed E-state index contributed by atoms with van der Waals surface area (Å²) in [5.41, 5.74) is 5.86. The normalized spacial score (nSPS) is 36.3. The average molecular weight is 231 g/mol. The van der Waals surface area contributed by atoms with Crippen molar-refractivity contribution in [1.82, 2.24) is 0 Å². The molecule has 15 heavy (non-hydrogen) atoms. The van der Waals surface area contributed by atoms with E-state index in [-0.39, 0.29) is 0 Å². The van der Waals surface area contributed by atoms with Gasteiger partial charge < -0.3 is 10.5 Å². The van der Waals surface area contributed by atoms with Crippen molar-refractivity contribution in [2.45, 2.75) is 55.1 Å². The van der Waals surface area contributed by atoms with Gasteiger partial charge in [0, 0.05) is 40.6 Å². The fourth-order valence-corrected chi connectivity index (χ4v) is 4.44. The third-order valence-corrected chi connectivity index (χ3v) is 5.80. The molecule has 0 amide bonds. The minimum absolute atomic E-state index is 0.355. The molecule has 4 heteroatoms. The predicted octanol–water partition coefficient (Wildman–Crippen LogP) is 1.18. The maximum absolute atomic E-state index is 12.3. The number of hydrogen-bond acceptors (Lipinski definition) is 3. The Bertz CT molecular complexity index is 221. The molecule has 2 rings (SSSR count).